The summed E-state index contributed by atoms with van der Waals surface area (Å²) in [6.07, 6.45) is 4.12. The van der Waals surface area contributed by atoms with Gasteiger partial charge in [0.2, 0.25) is 10.0 Å². The number of ether oxygens (including phenoxy) is 1. The second kappa shape index (κ2) is 6.45. The number of hydrogen-bond donors (Lipinski definition) is 1. The maximum absolute atomic E-state index is 12.8. The first kappa shape index (κ1) is 16.2. The molecule has 0 aliphatic carbocycles. The molecule has 23 heavy (non-hydrogen) atoms. The van der Waals surface area contributed by atoms with Gasteiger partial charge in [-0.15, -0.1) is 0 Å². The lowest BCUT2D eigenvalue weighted by Gasteiger charge is -2.22. The molecule has 0 unspecified atom stereocenters. The van der Waals surface area contributed by atoms with Crippen LogP contribution in [0.2, 0.25) is 0 Å². The molecule has 124 valence electrons. The third-order valence-electron chi connectivity index (χ3n) is 4.22. The van der Waals surface area contributed by atoms with E-state index in [1.807, 2.05) is 29.1 Å². The van der Waals surface area contributed by atoms with E-state index in [1.54, 1.807) is 31.4 Å². The molecule has 2 atom stereocenters. The molecular weight excluding hydrogens is 316 g/mol. The molecule has 0 bridgehead atoms. The van der Waals surface area contributed by atoms with E-state index in [0.717, 1.165) is 5.69 Å². The van der Waals surface area contributed by atoms with Crippen LogP contribution >= 0.6 is 0 Å². The number of aliphatic hydroxyl groups is 1. The van der Waals surface area contributed by atoms with Crippen LogP contribution in [0.3, 0.4) is 0 Å². The Labute approximate surface area is 136 Å². The Hall–Kier alpha value is -1.67. The van der Waals surface area contributed by atoms with Crippen LogP contribution in [0.5, 0.6) is 0 Å². The topological polar surface area (TPSA) is 71.8 Å². The molecule has 1 N–H and O–H groups in total. The van der Waals surface area contributed by atoms with E-state index in [4.69, 9.17) is 4.74 Å². The van der Waals surface area contributed by atoms with E-state index in [1.165, 1.54) is 4.31 Å². The summed E-state index contributed by atoms with van der Waals surface area (Å²) in [5, 5.41) is 9.46. The third kappa shape index (κ3) is 3.05. The van der Waals surface area contributed by atoms with Crippen molar-refractivity contribution < 1.29 is 18.3 Å². The molecule has 0 radical (unpaired) electrons. The Kier molecular flexibility index (Phi) is 4.54. The maximum Gasteiger partial charge on any atom is 0.243 e. The van der Waals surface area contributed by atoms with E-state index in [9.17, 15) is 13.5 Å². The summed E-state index contributed by atoms with van der Waals surface area (Å²) in [5.41, 5.74) is 0.892. The number of nitrogens with zero attached hydrogens (tertiary/aromatic N) is 2. The zero-order valence-electron chi connectivity index (χ0n) is 12.9. The first-order valence-electron chi connectivity index (χ1n) is 7.45. The molecule has 2 aromatic rings. The van der Waals surface area contributed by atoms with Crippen molar-refractivity contribution in [2.75, 3.05) is 20.3 Å². The van der Waals surface area contributed by atoms with E-state index >= 15 is 0 Å². The predicted octanol–water partition coefficient (Wildman–Crippen LogP) is 1.25. The van der Waals surface area contributed by atoms with Crippen molar-refractivity contribution in [1.29, 1.82) is 0 Å². The van der Waals surface area contributed by atoms with Crippen LogP contribution in [-0.2, 0) is 14.8 Å². The first-order valence-corrected chi connectivity index (χ1v) is 8.89. The number of benzene rings is 1. The SMILES string of the molecule is CO[C@@H]1C[C@@H](CO)N(S(=O)(=O)c2ccc(-n3cccc3)cc2)C1. The van der Waals surface area contributed by atoms with Crippen molar-refractivity contribution in [3.8, 4) is 5.69 Å². The third-order valence-corrected chi connectivity index (χ3v) is 6.15. The molecule has 0 spiro atoms. The Bertz CT molecular complexity index is 741. The average Bonchev–Trinajstić information content (AvgIpc) is 3.24. The average molecular weight is 336 g/mol. The van der Waals surface area contributed by atoms with Gasteiger partial charge in [-0.05, 0) is 42.8 Å². The highest BCUT2D eigenvalue weighted by molar-refractivity contribution is 7.89. The zero-order chi connectivity index (χ0) is 16.4. The van der Waals surface area contributed by atoms with Crippen molar-refractivity contribution in [1.82, 2.24) is 8.87 Å². The summed E-state index contributed by atoms with van der Waals surface area (Å²) in [6, 6.07) is 10.1. The Balaban J connectivity index is 1.87. The monoisotopic (exact) mass is 336 g/mol. The lowest BCUT2D eigenvalue weighted by Crippen LogP contribution is -2.38. The molecule has 2 heterocycles. The molecule has 1 aromatic heterocycles. The van der Waals surface area contributed by atoms with Crippen LogP contribution in [0.15, 0.2) is 53.7 Å². The Morgan fingerprint density at radius 1 is 1.22 bits per heavy atom. The van der Waals surface area contributed by atoms with Crippen LogP contribution < -0.4 is 0 Å². The number of methoxy groups -OCH3 is 1. The Morgan fingerprint density at radius 2 is 1.87 bits per heavy atom. The summed E-state index contributed by atoms with van der Waals surface area (Å²) in [6.45, 7) is 0.0595. The van der Waals surface area contributed by atoms with Gasteiger partial charge in [0.05, 0.1) is 23.6 Å². The zero-order valence-corrected chi connectivity index (χ0v) is 13.7. The first-order chi connectivity index (χ1) is 11.1. The molecule has 1 aliphatic rings. The minimum atomic E-state index is -3.64. The molecule has 1 saturated heterocycles. The van der Waals surface area contributed by atoms with E-state index in [0.29, 0.717) is 6.42 Å². The molecule has 6 nitrogen and oxygen atoms in total. The van der Waals surface area contributed by atoms with Crippen LogP contribution in [0, 0.1) is 0 Å². The van der Waals surface area contributed by atoms with Gasteiger partial charge < -0.3 is 14.4 Å². The summed E-state index contributed by atoms with van der Waals surface area (Å²) in [4.78, 5) is 0.226. The fourth-order valence-corrected chi connectivity index (χ4v) is 4.57. The number of rotatable bonds is 5. The van der Waals surface area contributed by atoms with Gasteiger partial charge in [0.25, 0.3) is 0 Å². The molecule has 1 aliphatic heterocycles. The quantitative estimate of drug-likeness (QED) is 0.892. The van der Waals surface area contributed by atoms with Crippen LogP contribution in [0.1, 0.15) is 6.42 Å². The molecular formula is C16H20N2O4S. The van der Waals surface area contributed by atoms with Gasteiger partial charge >= 0.3 is 0 Å². The molecule has 1 aromatic carbocycles. The molecule has 7 heteroatoms. The van der Waals surface area contributed by atoms with Crippen LogP contribution in [0.25, 0.3) is 5.69 Å². The summed E-state index contributed by atoms with van der Waals surface area (Å²) in [7, 11) is -2.09. The normalized spacial score (nSPS) is 22.5. The van der Waals surface area contributed by atoms with Crippen LogP contribution in [-0.4, -0.2) is 54.8 Å². The Morgan fingerprint density at radius 3 is 2.43 bits per heavy atom. The predicted molar refractivity (Wildman–Crippen MR) is 85.9 cm³/mol. The summed E-state index contributed by atoms with van der Waals surface area (Å²) >= 11 is 0. The van der Waals surface area contributed by atoms with Crippen molar-refractivity contribution >= 4 is 10.0 Å². The van der Waals surface area contributed by atoms with Gasteiger partial charge in [0.15, 0.2) is 0 Å². The standard InChI is InChI=1S/C16H20N2O4S/c1-22-15-10-14(12-19)18(11-15)23(20,21)16-6-4-13(5-7-16)17-8-2-3-9-17/h2-9,14-15,19H,10-12H2,1H3/t14-,15+/m0/s1. The fraction of sp³-hybridized carbons (Fsp3) is 0.375. The smallest absolute Gasteiger partial charge is 0.243 e. The van der Waals surface area contributed by atoms with Gasteiger partial charge in [-0.3, -0.25) is 0 Å². The fourth-order valence-electron chi connectivity index (χ4n) is 2.91. The highest BCUT2D eigenvalue weighted by Gasteiger charge is 2.39. The summed E-state index contributed by atoms with van der Waals surface area (Å²) < 4.78 is 34.1. The minimum Gasteiger partial charge on any atom is -0.395 e. The number of hydrogen-bond acceptors (Lipinski definition) is 4. The highest BCUT2D eigenvalue weighted by Crippen LogP contribution is 2.27. The maximum atomic E-state index is 12.8. The van der Waals surface area contributed by atoms with Gasteiger partial charge in [0, 0.05) is 31.7 Å². The van der Waals surface area contributed by atoms with Gasteiger partial charge in [-0.1, -0.05) is 0 Å². The summed E-state index contributed by atoms with van der Waals surface area (Å²) in [5.74, 6) is 0. The van der Waals surface area contributed by atoms with Gasteiger partial charge in [0.1, 0.15) is 0 Å². The van der Waals surface area contributed by atoms with Crippen molar-refractivity contribution in [2.24, 2.45) is 0 Å². The lowest BCUT2D eigenvalue weighted by atomic mass is 10.2. The number of aromatic nitrogens is 1. The minimum absolute atomic E-state index is 0.180. The van der Waals surface area contributed by atoms with E-state index < -0.39 is 16.1 Å². The van der Waals surface area contributed by atoms with Crippen molar-refractivity contribution in [3.63, 3.8) is 0 Å². The number of sulfonamides is 1. The number of aliphatic hydroxyl groups excluding tert-OH is 1. The molecule has 0 saturated carbocycles. The van der Waals surface area contributed by atoms with Crippen molar-refractivity contribution in [3.05, 3.63) is 48.8 Å². The van der Waals surface area contributed by atoms with E-state index in [2.05, 4.69) is 0 Å². The van der Waals surface area contributed by atoms with Crippen molar-refractivity contribution in [2.45, 2.75) is 23.5 Å². The second-order valence-electron chi connectivity index (χ2n) is 5.59. The molecule has 0 amide bonds. The van der Waals surface area contributed by atoms with Gasteiger partial charge in [-0.25, -0.2) is 8.42 Å². The lowest BCUT2D eigenvalue weighted by molar-refractivity contribution is 0.113. The van der Waals surface area contributed by atoms with Gasteiger partial charge in [-0.2, -0.15) is 4.31 Å². The highest BCUT2D eigenvalue weighted by atomic mass is 32.2. The molecule has 1 fully saturated rings. The second-order valence-corrected chi connectivity index (χ2v) is 7.48. The molecule has 3 rings (SSSR count). The van der Waals surface area contributed by atoms with E-state index in [-0.39, 0.29) is 24.2 Å². The largest absolute Gasteiger partial charge is 0.395 e. The van der Waals surface area contributed by atoms with Crippen LogP contribution in [0.4, 0.5) is 0 Å².